The standard InChI is InChI=1S/C18H23N3O4/c1-2-20-12-15(18(24)25)17(23)14-11-13(3-4-16(14)20)21-7-5-19(6-8-21)9-10-22/h3-4,11-12,22H,2,5-10H2,1H3,(H,24,25). The van der Waals surface area contributed by atoms with E-state index in [1.807, 2.05) is 19.1 Å². The number of aromatic nitrogens is 1. The summed E-state index contributed by atoms with van der Waals surface area (Å²) < 4.78 is 1.79. The highest BCUT2D eigenvalue weighted by Gasteiger charge is 2.19. The second kappa shape index (κ2) is 7.25. The highest BCUT2D eigenvalue weighted by Crippen LogP contribution is 2.22. The maximum absolute atomic E-state index is 12.6. The molecule has 7 heteroatoms. The molecule has 1 aromatic carbocycles. The van der Waals surface area contributed by atoms with Crippen LogP contribution in [0.2, 0.25) is 0 Å². The number of carboxylic acids is 1. The van der Waals surface area contributed by atoms with Crippen LogP contribution in [0.25, 0.3) is 10.9 Å². The molecule has 3 rings (SSSR count). The van der Waals surface area contributed by atoms with E-state index >= 15 is 0 Å². The second-order valence-electron chi connectivity index (χ2n) is 6.22. The lowest BCUT2D eigenvalue weighted by molar-refractivity contribution is 0.0695. The molecular formula is C18H23N3O4. The first-order chi connectivity index (χ1) is 12.0. The van der Waals surface area contributed by atoms with Crippen LogP contribution >= 0.6 is 0 Å². The first-order valence-corrected chi connectivity index (χ1v) is 8.53. The monoisotopic (exact) mass is 345 g/mol. The third kappa shape index (κ3) is 3.38. The Labute approximate surface area is 145 Å². The largest absolute Gasteiger partial charge is 0.477 e. The van der Waals surface area contributed by atoms with Crippen LogP contribution < -0.4 is 10.3 Å². The number of carbonyl (C=O) groups is 1. The normalized spacial score (nSPS) is 15.7. The molecule has 2 heterocycles. The highest BCUT2D eigenvalue weighted by atomic mass is 16.4. The molecule has 0 saturated carbocycles. The molecule has 25 heavy (non-hydrogen) atoms. The van der Waals surface area contributed by atoms with Crippen LogP contribution in [0.1, 0.15) is 17.3 Å². The van der Waals surface area contributed by atoms with Gasteiger partial charge < -0.3 is 19.7 Å². The van der Waals surface area contributed by atoms with Gasteiger partial charge in [-0.2, -0.15) is 0 Å². The molecule has 1 saturated heterocycles. The average molecular weight is 345 g/mol. The number of rotatable bonds is 5. The van der Waals surface area contributed by atoms with Crippen molar-refractivity contribution in [2.24, 2.45) is 0 Å². The zero-order valence-electron chi connectivity index (χ0n) is 14.3. The zero-order chi connectivity index (χ0) is 18.0. The van der Waals surface area contributed by atoms with Crippen molar-refractivity contribution in [3.63, 3.8) is 0 Å². The van der Waals surface area contributed by atoms with E-state index < -0.39 is 11.4 Å². The fourth-order valence-corrected chi connectivity index (χ4v) is 3.37. The Hall–Kier alpha value is -2.38. The van der Waals surface area contributed by atoms with Gasteiger partial charge >= 0.3 is 5.97 Å². The van der Waals surface area contributed by atoms with Crippen LogP contribution in [-0.2, 0) is 6.54 Å². The number of hydrogen-bond donors (Lipinski definition) is 2. The van der Waals surface area contributed by atoms with Gasteiger partial charge in [0, 0.05) is 56.5 Å². The first-order valence-electron chi connectivity index (χ1n) is 8.53. The number of aliphatic hydroxyl groups is 1. The molecule has 7 nitrogen and oxygen atoms in total. The van der Waals surface area contributed by atoms with E-state index in [2.05, 4.69) is 9.80 Å². The van der Waals surface area contributed by atoms with Gasteiger partial charge in [-0.3, -0.25) is 9.69 Å². The zero-order valence-corrected chi connectivity index (χ0v) is 14.3. The molecule has 1 fully saturated rings. The van der Waals surface area contributed by atoms with E-state index in [0.717, 1.165) is 37.4 Å². The van der Waals surface area contributed by atoms with Crippen LogP contribution in [0, 0.1) is 0 Å². The Morgan fingerprint density at radius 3 is 2.52 bits per heavy atom. The molecule has 0 atom stereocenters. The highest BCUT2D eigenvalue weighted by molar-refractivity contribution is 5.93. The van der Waals surface area contributed by atoms with Crippen LogP contribution in [0.3, 0.4) is 0 Å². The van der Waals surface area contributed by atoms with E-state index in [1.54, 1.807) is 10.6 Å². The molecule has 0 aliphatic carbocycles. The Bertz CT molecular complexity index is 838. The molecule has 0 radical (unpaired) electrons. The smallest absolute Gasteiger partial charge is 0.341 e. The van der Waals surface area contributed by atoms with Crippen molar-refractivity contribution in [1.82, 2.24) is 9.47 Å². The maximum atomic E-state index is 12.6. The van der Waals surface area contributed by atoms with Crippen LogP contribution in [-0.4, -0.2) is 65.0 Å². The minimum atomic E-state index is -1.20. The van der Waals surface area contributed by atoms with Crippen molar-refractivity contribution < 1.29 is 15.0 Å². The van der Waals surface area contributed by atoms with E-state index in [9.17, 15) is 14.7 Å². The van der Waals surface area contributed by atoms with Crippen LogP contribution in [0.5, 0.6) is 0 Å². The lowest BCUT2D eigenvalue weighted by atomic mass is 10.1. The van der Waals surface area contributed by atoms with Gasteiger partial charge in [0.2, 0.25) is 5.43 Å². The van der Waals surface area contributed by atoms with E-state index in [0.29, 0.717) is 18.5 Å². The molecule has 1 aromatic heterocycles. The van der Waals surface area contributed by atoms with Crippen molar-refractivity contribution in [3.05, 3.63) is 40.2 Å². The lowest BCUT2D eigenvalue weighted by Crippen LogP contribution is -2.47. The second-order valence-corrected chi connectivity index (χ2v) is 6.22. The summed E-state index contributed by atoms with van der Waals surface area (Å²) in [7, 11) is 0. The Morgan fingerprint density at radius 1 is 1.20 bits per heavy atom. The molecule has 0 amide bonds. The molecule has 2 aromatic rings. The minimum Gasteiger partial charge on any atom is -0.477 e. The predicted molar refractivity (Wildman–Crippen MR) is 96.6 cm³/mol. The van der Waals surface area contributed by atoms with Gasteiger partial charge in [0.15, 0.2) is 0 Å². The third-order valence-electron chi connectivity index (χ3n) is 4.79. The van der Waals surface area contributed by atoms with Crippen molar-refractivity contribution in [1.29, 1.82) is 0 Å². The van der Waals surface area contributed by atoms with Gasteiger partial charge in [-0.1, -0.05) is 0 Å². The van der Waals surface area contributed by atoms with Crippen LogP contribution in [0.4, 0.5) is 5.69 Å². The summed E-state index contributed by atoms with van der Waals surface area (Å²) in [5.41, 5.74) is 1.05. The van der Waals surface area contributed by atoms with Crippen molar-refractivity contribution >= 4 is 22.6 Å². The Balaban J connectivity index is 1.98. The number of nitrogens with zero attached hydrogens (tertiary/aromatic N) is 3. The maximum Gasteiger partial charge on any atom is 0.341 e. The summed E-state index contributed by atoms with van der Waals surface area (Å²) in [5, 5.41) is 18.8. The number of carboxylic acid groups (broad SMARTS) is 1. The van der Waals surface area contributed by atoms with Gasteiger partial charge in [0.25, 0.3) is 0 Å². The summed E-state index contributed by atoms with van der Waals surface area (Å²) in [6.07, 6.45) is 1.42. The number of hydrogen-bond acceptors (Lipinski definition) is 5. The number of aromatic carboxylic acids is 1. The number of β-amino-alcohol motifs (C(OH)–C–C–N with tert-alkyl or cyclic N) is 1. The first kappa shape index (κ1) is 17.4. The number of anilines is 1. The molecule has 0 bridgehead atoms. The van der Waals surface area contributed by atoms with Crippen molar-refractivity contribution in [3.8, 4) is 0 Å². The fourth-order valence-electron chi connectivity index (χ4n) is 3.37. The number of benzene rings is 1. The molecule has 0 unspecified atom stereocenters. The van der Waals surface area contributed by atoms with E-state index in [-0.39, 0.29) is 12.2 Å². The molecule has 1 aliphatic rings. The number of piperazine rings is 1. The number of pyridine rings is 1. The molecule has 0 spiro atoms. The van der Waals surface area contributed by atoms with Gasteiger partial charge in [0.1, 0.15) is 5.56 Å². The molecule has 2 N–H and O–H groups in total. The van der Waals surface area contributed by atoms with E-state index in [1.165, 1.54) is 6.20 Å². The summed E-state index contributed by atoms with van der Waals surface area (Å²) in [6, 6.07) is 5.68. The van der Waals surface area contributed by atoms with Gasteiger partial charge in [-0.15, -0.1) is 0 Å². The summed E-state index contributed by atoms with van der Waals surface area (Å²) in [5.74, 6) is -1.20. The summed E-state index contributed by atoms with van der Waals surface area (Å²) in [6.45, 7) is 6.68. The topological polar surface area (TPSA) is 86.0 Å². The van der Waals surface area contributed by atoms with Gasteiger partial charge in [0.05, 0.1) is 12.1 Å². The fraction of sp³-hybridized carbons (Fsp3) is 0.444. The van der Waals surface area contributed by atoms with Crippen LogP contribution in [0.15, 0.2) is 29.2 Å². The minimum absolute atomic E-state index is 0.157. The Morgan fingerprint density at radius 2 is 1.92 bits per heavy atom. The molecule has 134 valence electrons. The SMILES string of the molecule is CCn1cc(C(=O)O)c(=O)c2cc(N3CCN(CCO)CC3)ccc21. The van der Waals surface area contributed by atoms with Crippen molar-refractivity contribution in [2.75, 3.05) is 44.2 Å². The summed E-state index contributed by atoms with van der Waals surface area (Å²) in [4.78, 5) is 28.3. The number of aliphatic hydroxyl groups excluding tert-OH is 1. The average Bonchev–Trinajstić information content (AvgIpc) is 2.62. The Kier molecular flexibility index (Phi) is 5.06. The molecular weight excluding hydrogens is 322 g/mol. The lowest BCUT2D eigenvalue weighted by Gasteiger charge is -2.35. The van der Waals surface area contributed by atoms with E-state index in [4.69, 9.17) is 5.11 Å². The predicted octanol–water partition coefficient (Wildman–Crippen LogP) is 0.834. The number of fused-ring (bicyclic) bond motifs is 1. The summed E-state index contributed by atoms with van der Waals surface area (Å²) >= 11 is 0. The number of aryl methyl sites for hydroxylation is 1. The molecule has 1 aliphatic heterocycles. The van der Waals surface area contributed by atoms with Gasteiger partial charge in [-0.25, -0.2) is 4.79 Å². The van der Waals surface area contributed by atoms with Gasteiger partial charge in [-0.05, 0) is 25.1 Å². The quantitative estimate of drug-likeness (QED) is 0.835. The van der Waals surface area contributed by atoms with Crippen molar-refractivity contribution in [2.45, 2.75) is 13.5 Å². The third-order valence-corrected chi connectivity index (χ3v) is 4.79.